The minimum absolute atomic E-state index is 0.208. The zero-order valence-corrected chi connectivity index (χ0v) is 15.1. The maximum atomic E-state index is 12.6. The molecule has 0 aliphatic carbocycles. The lowest BCUT2D eigenvalue weighted by atomic mass is 10.2. The van der Waals surface area contributed by atoms with Gasteiger partial charge in [-0.15, -0.1) is 11.3 Å². The Hall–Kier alpha value is -2.70. The molecule has 0 unspecified atom stereocenters. The molecular formula is C19H16N2O2S2. The van der Waals surface area contributed by atoms with Gasteiger partial charge < -0.3 is 10.6 Å². The fourth-order valence-corrected chi connectivity index (χ4v) is 3.39. The van der Waals surface area contributed by atoms with Crippen molar-refractivity contribution < 1.29 is 9.59 Å². The van der Waals surface area contributed by atoms with E-state index < -0.39 is 0 Å². The van der Waals surface area contributed by atoms with Crippen LogP contribution in [0.15, 0.2) is 64.3 Å². The molecule has 3 rings (SSSR count). The monoisotopic (exact) mass is 368 g/mol. The number of thiophene rings is 2. The van der Waals surface area contributed by atoms with Crippen LogP contribution < -0.4 is 10.6 Å². The highest BCUT2D eigenvalue weighted by Crippen LogP contribution is 2.15. The average molecular weight is 368 g/mol. The summed E-state index contributed by atoms with van der Waals surface area (Å²) in [6.45, 7) is 1.98. The van der Waals surface area contributed by atoms with Gasteiger partial charge in [0, 0.05) is 15.9 Å². The molecule has 0 aliphatic rings. The Kier molecular flexibility index (Phi) is 5.42. The van der Waals surface area contributed by atoms with E-state index in [2.05, 4.69) is 10.6 Å². The lowest BCUT2D eigenvalue weighted by molar-refractivity contribution is -0.113. The van der Waals surface area contributed by atoms with Gasteiger partial charge in [0.05, 0.1) is 5.56 Å². The van der Waals surface area contributed by atoms with Gasteiger partial charge in [-0.05, 0) is 48.0 Å². The third-order valence-electron chi connectivity index (χ3n) is 3.42. The second-order valence-electron chi connectivity index (χ2n) is 5.36. The van der Waals surface area contributed by atoms with Gasteiger partial charge >= 0.3 is 0 Å². The Morgan fingerprint density at radius 3 is 2.48 bits per heavy atom. The minimum atomic E-state index is -0.360. The molecule has 25 heavy (non-hydrogen) atoms. The summed E-state index contributed by atoms with van der Waals surface area (Å²) in [6, 6.07) is 13.0. The molecule has 0 aliphatic heterocycles. The number of benzene rings is 1. The quantitative estimate of drug-likeness (QED) is 0.650. The number of carbonyl (C=O) groups excluding carboxylic acids is 2. The highest BCUT2D eigenvalue weighted by atomic mass is 32.1. The molecule has 0 radical (unpaired) electrons. The van der Waals surface area contributed by atoms with E-state index in [0.717, 1.165) is 10.4 Å². The van der Waals surface area contributed by atoms with Crippen molar-refractivity contribution in [1.29, 1.82) is 0 Å². The smallest absolute Gasteiger partial charge is 0.272 e. The maximum Gasteiger partial charge on any atom is 0.272 e. The molecule has 2 amide bonds. The SMILES string of the molecule is Cc1ccc(NC(=O)/C(=C/c2cccs2)NC(=O)c2ccsc2)cc1. The average Bonchev–Trinajstić information content (AvgIpc) is 3.29. The van der Waals surface area contributed by atoms with Gasteiger partial charge in [-0.2, -0.15) is 11.3 Å². The predicted molar refractivity (Wildman–Crippen MR) is 104 cm³/mol. The standard InChI is InChI=1S/C19H16N2O2S2/c1-13-4-6-15(7-5-13)20-19(23)17(11-16-3-2-9-25-16)21-18(22)14-8-10-24-12-14/h2-12H,1H3,(H,20,23)(H,21,22)/b17-11-. The van der Waals surface area contributed by atoms with Gasteiger partial charge in [-0.3, -0.25) is 9.59 Å². The van der Waals surface area contributed by atoms with Crippen molar-refractivity contribution in [3.8, 4) is 0 Å². The molecule has 6 heteroatoms. The van der Waals surface area contributed by atoms with Crippen molar-refractivity contribution in [2.24, 2.45) is 0 Å². The number of hydrogen-bond acceptors (Lipinski definition) is 4. The van der Waals surface area contributed by atoms with Gasteiger partial charge in [0.2, 0.25) is 0 Å². The first-order valence-corrected chi connectivity index (χ1v) is 9.41. The minimum Gasteiger partial charge on any atom is -0.321 e. The Morgan fingerprint density at radius 1 is 1.04 bits per heavy atom. The lowest BCUT2D eigenvalue weighted by Gasteiger charge is -2.10. The first-order valence-electron chi connectivity index (χ1n) is 7.58. The summed E-state index contributed by atoms with van der Waals surface area (Å²) in [5.74, 6) is -0.663. The number of anilines is 1. The van der Waals surface area contributed by atoms with Crippen LogP contribution in [0.25, 0.3) is 6.08 Å². The van der Waals surface area contributed by atoms with Crippen molar-refractivity contribution in [1.82, 2.24) is 5.32 Å². The Morgan fingerprint density at radius 2 is 1.84 bits per heavy atom. The second kappa shape index (κ2) is 7.92. The van der Waals surface area contributed by atoms with Gasteiger partial charge in [0.1, 0.15) is 5.70 Å². The van der Waals surface area contributed by atoms with Crippen LogP contribution in [0, 0.1) is 6.92 Å². The number of nitrogens with one attached hydrogen (secondary N) is 2. The topological polar surface area (TPSA) is 58.2 Å². The number of amides is 2. The second-order valence-corrected chi connectivity index (χ2v) is 7.12. The molecule has 0 spiro atoms. The first-order chi connectivity index (χ1) is 12.1. The highest BCUT2D eigenvalue weighted by Gasteiger charge is 2.15. The van der Waals surface area contributed by atoms with Crippen LogP contribution in [-0.2, 0) is 4.79 Å². The van der Waals surface area contributed by atoms with Crippen LogP contribution in [-0.4, -0.2) is 11.8 Å². The highest BCUT2D eigenvalue weighted by molar-refractivity contribution is 7.10. The number of aryl methyl sites for hydroxylation is 1. The van der Waals surface area contributed by atoms with Crippen LogP contribution in [0.1, 0.15) is 20.8 Å². The molecule has 3 aromatic rings. The van der Waals surface area contributed by atoms with Crippen molar-refractivity contribution in [2.75, 3.05) is 5.32 Å². The van der Waals surface area contributed by atoms with E-state index in [1.54, 1.807) is 17.5 Å². The van der Waals surface area contributed by atoms with E-state index in [0.29, 0.717) is 11.3 Å². The molecule has 2 heterocycles. The number of hydrogen-bond donors (Lipinski definition) is 2. The van der Waals surface area contributed by atoms with E-state index in [-0.39, 0.29) is 17.5 Å². The van der Waals surface area contributed by atoms with Crippen molar-refractivity contribution in [3.63, 3.8) is 0 Å². The molecule has 0 fully saturated rings. The van der Waals surface area contributed by atoms with Gasteiger partial charge in [-0.25, -0.2) is 0 Å². The summed E-state index contributed by atoms with van der Waals surface area (Å²) in [5.41, 5.74) is 2.53. The largest absolute Gasteiger partial charge is 0.321 e. The van der Waals surface area contributed by atoms with Crippen LogP contribution in [0.5, 0.6) is 0 Å². The fraction of sp³-hybridized carbons (Fsp3) is 0.0526. The molecular weight excluding hydrogens is 352 g/mol. The van der Waals surface area contributed by atoms with Crippen LogP contribution >= 0.6 is 22.7 Å². The predicted octanol–water partition coefficient (Wildman–Crippen LogP) is 4.53. The number of rotatable bonds is 5. The molecule has 4 nitrogen and oxygen atoms in total. The zero-order chi connectivity index (χ0) is 17.6. The Balaban J connectivity index is 1.81. The summed E-state index contributed by atoms with van der Waals surface area (Å²) in [5, 5.41) is 11.0. The molecule has 0 saturated heterocycles. The molecule has 0 saturated carbocycles. The first kappa shape index (κ1) is 17.1. The Labute approximate surface area is 153 Å². The third kappa shape index (κ3) is 4.65. The molecule has 126 valence electrons. The fourth-order valence-electron chi connectivity index (χ4n) is 2.10. The van der Waals surface area contributed by atoms with E-state index in [1.807, 2.05) is 54.1 Å². The van der Waals surface area contributed by atoms with E-state index in [1.165, 1.54) is 22.7 Å². The summed E-state index contributed by atoms with van der Waals surface area (Å²) in [4.78, 5) is 25.9. The van der Waals surface area contributed by atoms with E-state index >= 15 is 0 Å². The van der Waals surface area contributed by atoms with Crippen LogP contribution in [0.2, 0.25) is 0 Å². The van der Waals surface area contributed by atoms with Gasteiger partial charge in [0.15, 0.2) is 0 Å². The van der Waals surface area contributed by atoms with Crippen molar-refractivity contribution in [2.45, 2.75) is 6.92 Å². The molecule has 1 aromatic carbocycles. The van der Waals surface area contributed by atoms with Crippen molar-refractivity contribution in [3.05, 3.63) is 80.3 Å². The summed E-state index contributed by atoms with van der Waals surface area (Å²) in [7, 11) is 0. The van der Waals surface area contributed by atoms with Gasteiger partial charge in [0.25, 0.3) is 11.8 Å². The van der Waals surface area contributed by atoms with E-state index in [4.69, 9.17) is 0 Å². The lowest BCUT2D eigenvalue weighted by Crippen LogP contribution is -2.30. The molecule has 2 N–H and O–H groups in total. The Bertz CT molecular complexity index is 880. The van der Waals surface area contributed by atoms with Crippen LogP contribution in [0.3, 0.4) is 0 Å². The van der Waals surface area contributed by atoms with E-state index in [9.17, 15) is 9.59 Å². The zero-order valence-electron chi connectivity index (χ0n) is 13.5. The van der Waals surface area contributed by atoms with Crippen LogP contribution in [0.4, 0.5) is 5.69 Å². The number of carbonyl (C=O) groups is 2. The van der Waals surface area contributed by atoms with Gasteiger partial charge in [-0.1, -0.05) is 23.8 Å². The third-order valence-corrected chi connectivity index (χ3v) is 4.92. The maximum absolute atomic E-state index is 12.6. The molecule has 2 aromatic heterocycles. The normalized spacial score (nSPS) is 11.2. The molecule has 0 atom stereocenters. The van der Waals surface area contributed by atoms with Crippen molar-refractivity contribution >= 4 is 46.3 Å². The summed E-state index contributed by atoms with van der Waals surface area (Å²) in [6.07, 6.45) is 1.68. The molecule has 0 bridgehead atoms. The summed E-state index contributed by atoms with van der Waals surface area (Å²) >= 11 is 2.93. The summed E-state index contributed by atoms with van der Waals surface area (Å²) < 4.78 is 0.